The van der Waals surface area contributed by atoms with Gasteiger partial charge in [-0.2, -0.15) is 0 Å². The van der Waals surface area contributed by atoms with Gasteiger partial charge in [0.15, 0.2) is 0 Å². The maximum atomic E-state index is 13.8. The molecule has 0 heterocycles. The predicted octanol–water partition coefficient (Wildman–Crippen LogP) is 13.6. The number of rotatable bonds is 33. The van der Waals surface area contributed by atoms with E-state index in [0.29, 0.717) is 6.42 Å². The molecular weight excluding hydrogens is 516 g/mol. The third-order valence-corrected chi connectivity index (χ3v) is 9.40. The minimum Gasteiger partial charge on any atom is -0.393 e. The van der Waals surface area contributed by atoms with Crippen molar-refractivity contribution in [3.05, 3.63) is 0 Å². The Hall–Kier alpha value is -0.860. The van der Waals surface area contributed by atoms with Gasteiger partial charge in [-0.1, -0.05) is 201 Å². The Morgan fingerprint density at radius 3 is 0.952 bits per heavy atom. The molecule has 0 bridgehead atoms. The predicted molar refractivity (Wildman–Crippen MR) is 184 cm³/mol. The molecule has 0 saturated heterocycles. The van der Waals surface area contributed by atoms with Crippen molar-refractivity contribution in [1.82, 2.24) is 0 Å². The number of ether oxygens (including phenoxy) is 1. The molecular formula is C39H76O3. The van der Waals surface area contributed by atoms with Crippen molar-refractivity contribution in [2.45, 2.75) is 233 Å². The SMILES string of the molecule is CCCCCCCCCCCC(=O)OC(=O)C(CCCCCCCC)(CCCCCCCC)CCCCCCCCC. The van der Waals surface area contributed by atoms with Crippen LogP contribution in [0.5, 0.6) is 0 Å². The van der Waals surface area contributed by atoms with Gasteiger partial charge >= 0.3 is 11.9 Å². The van der Waals surface area contributed by atoms with Gasteiger partial charge in [0.05, 0.1) is 5.41 Å². The average molecular weight is 593 g/mol. The van der Waals surface area contributed by atoms with Gasteiger partial charge in [-0.05, 0) is 25.7 Å². The first kappa shape index (κ1) is 41.1. The van der Waals surface area contributed by atoms with Crippen LogP contribution in [-0.4, -0.2) is 11.9 Å². The second kappa shape index (κ2) is 31.6. The van der Waals surface area contributed by atoms with E-state index in [2.05, 4.69) is 27.7 Å². The van der Waals surface area contributed by atoms with Crippen molar-refractivity contribution in [3.63, 3.8) is 0 Å². The first-order valence-corrected chi connectivity index (χ1v) is 19.3. The van der Waals surface area contributed by atoms with E-state index < -0.39 is 5.41 Å². The second-order valence-electron chi connectivity index (χ2n) is 13.5. The molecule has 0 N–H and O–H groups in total. The number of hydrogen-bond donors (Lipinski definition) is 0. The Morgan fingerprint density at radius 1 is 0.381 bits per heavy atom. The van der Waals surface area contributed by atoms with Crippen LogP contribution in [0, 0.1) is 5.41 Å². The first-order chi connectivity index (χ1) is 20.6. The van der Waals surface area contributed by atoms with Gasteiger partial charge in [-0.3, -0.25) is 9.59 Å². The van der Waals surface area contributed by atoms with Crippen LogP contribution < -0.4 is 0 Å². The van der Waals surface area contributed by atoms with Crippen LogP contribution in [0.3, 0.4) is 0 Å². The molecule has 0 aliphatic carbocycles. The van der Waals surface area contributed by atoms with Crippen molar-refractivity contribution < 1.29 is 14.3 Å². The molecule has 3 nitrogen and oxygen atoms in total. The highest BCUT2D eigenvalue weighted by Crippen LogP contribution is 2.39. The minimum atomic E-state index is -0.465. The number of hydrogen-bond acceptors (Lipinski definition) is 3. The zero-order valence-corrected chi connectivity index (χ0v) is 29.4. The fraction of sp³-hybridized carbons (Fsp3) is 0.949. The van der Waals surface area contributed by atoms with Crippen molar-refractivity contribution in [2.75, 3.05) is 0 Å². The summed E-state index contributed by atoms with van der Waals surface area (Å²) in [4.78, 5) is 26.7. The van der Waals surface area contributed by atoms with Gasteiger partial charge in [0.25, 0.3) is 0 Å². The summed E-state index contributed by atoms with van der Waals surface area (Å²) in [5.74, 6) is -0.464. The van der Waals surface area contributed by atoms with E-state index in [1.54, 1.807) is 0 Å². The molecule has 42 heavy (non-hydrogen) atoms. The van der Waals surface area contributed by atoms with Gasteiger partial charge in [0.1, 0.15) is 0 Å². The minimum absolute atomic E-state index is 0.184. The lowest BCUT2D eigenvalue weighted by Gasteiger charge is -2.32. The molecule has 0 rings (SSSR count). The quantitative estimate of drug-likeness (QED) is 0.0432. The molecule has 0 aromatic rings. The molecule has 0 aromatic carbocycles. The lowest BCUT2D eigenvalue weighted by molar-refractivity contribution is -0.169. The molecule has 0 unspecified atom stereocenters. The van der Waals surface area contributed by atoms with Crippen molar-refractivity contribution >= 4 is 11.9 Å². The molecule has 3 heteroatoms. The van der Waals surface area contributed by atoms with Crippen molar-refractivity contribution in [2.24, 2.45) is 5.41 Å². The Kier molecular flexibility index (Phi) is 30.9. The normalized spacial score (nSPS) is 11.7. The maximum absolute atomic E-state index is 13.8. The number of carbonyl (C=O) groups is 2. The Labute approximate surface area is 264 Å². The zero-order chi connectivity index (χ0) is 31.0. The Morgan fingerprint density at radius 2 is 0.643 bits per heavy atom. The summed E-state index contributed by atoms with van der Waals surface area (Å²) in [6.45, 7) is 9.04. The highest BCUT2D eigenvalue weighted by atomic mass is 16.6. The summed E-state index contributed by atoms with van der Waals surface area (Å²) in [7, 11) is 0. The van der Waals surface area contributed by atoms with Crippen LogP contribution in [0.4, 0.5) is 0 Å². The maximum Gasteiger partial charge on any atom is 0.319 e. The molecule has 0 spiro atoms. The van der Waals surface area contributed by atoms with Crippen molar-refractivity contribution in [1.29, 1.82) is 0 Å². The molecule has 0 atom stereocenters. The van der Waals surface area contributed by atoms with E-state index in [1.165, 1.54) is 148 Å². The Balaban J connectivity index is 5.04. The van der Waals surface area contributed by atoms with Gasteiger partial charge in [-0.25, -0.2) is 0 Å². The number of carbonyl (C=O) groups excluding carboxylic acids is 2. The largest absolute Gasteiger partial charge is 0.393 e. The number of esters is 2. The monoisotopic (exact) mass is 593 g/mol. The highest BCUT2D eigenvalue weighted by Gasteiger charge is 2.39. The topological polar surface area (TPSA) is 43.4 Å². The van der Waals surface area contributed by atoms with Crippen LogP contribution in [0.25, 0.3) is 0 Å². The standard InChI is InChI=1S/C39H76O3/c1-5-9-13-17-21-22-23-25-29-33-37(40)42-38(41)39(34-30-26-19-15-11-7-3,35-31-27-20-16-12-8-4)36-32-28-24-18-14-10-6-2/h5-36H2,1-4H3. The molecule has 0 saturated carbocycles. The average Bonchev–Trinajstić information content (AvgIpc) is 2.98. The Bertz CT molecular complexity index is 568. The third kappa shape index (κ3) is 24.6. The van der Waals surface area contributed by atoms with Crippen molar-refractivity contribution in [3.8, 4) is 0 Å². The summed E-state index contributed by atoms with van der Waals surface area (Å²) in [5, 5.41) is 0. The van der Waals surface area contributed by atoms with Gasteiger partial charge < -0.3 is 4.74 Å². The summed E-state index contributed by atoms with van der Waals surface area (Å²) in [5.41, 5.74) is -0.465. The van der Waals surface area contributed by atoms with E-state index in [1.807, 2.05) is 0 Å². The van der Waals surface area contributed by atoms with E-state index in [9.17, 15) is 9.59 Å². The fourth-order valence-corrected chi connectivity index (χ4v) is 6.43. The van der Waals surface area contributed by atoms with Crippen LogP contribution >= 0.6 is 0 Å². The van der Waals surface area contributed by atoms with E-state index in [0.717, 1.165) is 51.4 Å². The lowest BCUT2D eigenvalue weighted by Crippen LogP contribution is -2.35. The highest BCUT2D eigenvalue weighted by molar-refractivity contribution is 5.88. The second-order valence-corrected chi connectivity index (χ2v) is 13.5. The van der Waals surface area contributed by atoms with Gasteiger partial charge in [-0.15, -0.1) is 0 Å². The van der Waals surface area contributed by atoms with Gasteiger partial charge in [0, 0.05) is 6.42 Å². The molecule has 0 aromatic heterocycles. The first-order valence-electron chi connectivity index (χ1n) is 19.3. The van der Waals surface area contributed by atoms with E-state index >= 15 is 0 Å². The van der Waals surface area contributed by atoms with Gasteiger partial charge in [0.2, 0.25) is 0 Å². The molecule has 0 fully saturated rings. The smallest absolute Gasteiger partial charge is 0.319 e. The molecule has 0 aliphatic heterocycles. The fourth-order valence-electron chi connectivity index (χ4n) is 6.43. The summed E-state index contributed by atoms with van der Waals surface area (Å²) >= 11 is 0. The summed E-state index contributed by atoms with van der Waals surface area (Å²) in [6.07, 6.45) is 37.6. The zero-order valence-electron chi connectivity index (χ0n) is 29.4. The van der Waals surface area contributed by atoms with Crippen LogP contribution in [0.1, 0.15) is 233 Å². The molecule has 0 amide bonds. The lowest BCUT2D eigenvalue weighted by atomic mass is 9.74. The van der Waals surface area contributed by atoms with E-state index in [4.69, 9.17) is 4.74 Å². The van der Waals surface area contributed by atoms with E-state index in [-0.39, 0.29) is 11.9 Å². The van der Waals surface area contributed by atoms with Crippen LogP contribution in [0.15, 0.2) is 0 Å². The summed E-state index contributed by atoms with van der Waals surface area (Å²) < 4.78 is 5.71. The summed E-state index contributed by atoms with van der Waals surface area (Å²) in [6, 6.07) is 0. The molecule has 0 aliphatic rings. The number of unbranched alkanes of at least 4 members (excludes halogenated alkanes) is 24. The molecule has 250 valence electrons. The van der Waals surface area contributed by atoms with Crippen LogP contribution in [-0.2, 0) is 14.3 Å². The molecule has 0 radical (unpaired) electrons. The third-order valence-electron chi connectivity index (χ3n) is 9.40. The van der Waals surface area contributed by atoms with Crippen LogP contribution in [0.2, 0.25) is 0 Å².